The van der Waals surface area contributed by atoms with Crippen molar-refractivity contribution in [2.45, 2.75) is 12.5 Å². The summed E-state index contributed by atoms with van der Waals surface area (Å²) in [5.41, 5.74) is 7.38. The normalized spacial score (nSPS) is 16.0. The quantitative estimate of drug-likeness (QED) is 0.361. The van der Waals surface area contributed by atoms with E-state index in [0.717, 1.165) is 39.3 Å². The lowest BCUT2D eigenvalue weighted by Gasteiger charge is -2.25. The molecule has 0 amide bonds. The van der Waals surface area contributed by atoms with Crippen molar-refractivity contribution >= 4 is 38.4 Å². The van der Waals surface area contributed by atoms with Crippen molar-refractivity contribution in [2.24, 2.45) is 0 Å². The maximum absolute atomic E-state index is 6.12. The molecule has 2 heterocycles. The van der Waals surface area contributed by atoms with E-state index in [9.17, 15) is 0 Å². The summed E-state index contributed by atoms with van der Waals surface area (Å²) >= 11 is 9.91. The molecule has 4 aromatic rings. The predicted molar refractivity (Wildman–Crippen MR) is 123 cm³/mol. The fourth-order valence-corrected chi connectivity index (χ4v) is 4.96. The van der Waals surface area contributed by atoms with Gasteiger partial charge in [-0.15, -0.1) is 0 Å². The number of benzene rings is 3. The third-order valence-electron chi connectivity index (χ3n) is 5.64. The van der Waals surface area contributed by atoms with Crippen molar-refractivity contribution in [2.75, 3.05) is 13.7 Å². The van der Waals surface area contributed by atoms with Crippen LogP contribution in [0.3, 0.4) is 0 Å². The molecule has 5 heteroatoms. The Labute approximate surface area is 183 Å². The monoisotopic (exact) mass is 466 g/mol. The summed E-state index contributed by atoms with van der Waals surface area (Å²) < 4.78 is 6.41. The number of ether oxygens (including phenoxy) is 1. The van der Waals surface area contributed by atoms with Gasteiger partial charge in [0.15, 0.2) is 0 Å². The highest BCUT2D eigenvalue weighted by atomic mass is 79.9. The van der Waals surface area contributed by atoms with Crippen LogP contribution in [0.5, 0.6) is 5.75 Å². The number of fused-ring (bicyclic) bond motifs is 3. The minimum atomic E-state index is 0.133. The third-order valence-corrected chi connectivity index (χ3v) is 6.56. The van der Waals surface area contributed by atoms with Crippen LogP contribution in [0.2, 0.25) is 5.02 Å². The topological polar surface area (TPSA) is 37.0 Å². The first-order chi connectivity index (χ1) is 14.2. The number of aromatic amines is 1. The van der Waals surface area contributed by atoms with E-state index < -0.39 is 0 Å². The van der Waals surface area contributed by atoms with Gasteiger partial charge in [-0.3, -0.25) is 0 Å². The van der Waals surface area contributed by atoms with E-state index in [4.69, 9.17) is 16.3 Å². The molecule has 1 aliphatic heterocycles. The molecule has 0 spiro atoms. The number of aromatic nitrogens is 1. The number of rotatable bonds is 3. The Bertz CT molecular complexity index is 1180. The van der Waals surface area contributed by atoms with Crippen LogP contribution < -0.4 is 10.1 Å². The molecule has 0 saturated heterocycles. The predicted octanol–water partition coefficient (Wildman–Crippen LogP) is 6.49. The van der Waals surface area contributed by atoms with Crippen molar-refractivity contribution in [1.82, 2.24) is 10.3 Å². The van der Waals surface area contributed by atoms with Gasteiger partial charge in [-0.2, -0.15) is 0 Å². The van der Waals surface area contributed by atoms with Crippen LogP contribution in [0, 0.1) is 0 Å². The number of methoxy groups -OCH3 is 1. The van der Waals surface area contributed by atoms with E-state index in [1.165, 1.54) is 27.8 Å². The van der Waals surface area contributed by atoms with Crippen LogP contribution >= 0.6 is 27.5 Å². The second-order valence-corrected chi connectivity index (χ2v) is 8.57. The minimum absolute atomic E-state index is 0.133. The van der Waals surface area contributed by atoms with Crippen LogP contribution in [0.4, 0.5) is 0 Å². The molecular weight excluding hydrogens is 448 g/mol. The molecule has 1 aromatic heterocycles. The van der Waals surface area contributed by atoms with Crippen LogP contribution in [0.1, 0.15) is 22.9 Å². The van der Waals surface area contributed by atoms with E-state index in [0.29, 0.717) is 0 Å². The molecule has 0 saturated carbocycles. The number of H-pyrrole nitrogens is 1. The van der Waals surface area contributed by atoms with Gasteiger partial charge in [0, 0.05) is 38.2 Å². The Balaban J connectivity index is 1.69. The van der Waals surface area contributed by atoms with Crippen LogP contribution in [0.25, 0.3) is 22.0 Å². The Morgan fingerprint density at radius 2 is 1.76 bits per heavy atom. The lowest BCUT2D eigenvalue weighted by Crippen LogP contribution is -2.30. The Kier molecular flexibility index (Phi) is 4.86. The molecule has 3 aromatic carbocycles. The van der Waals surface area contributed by atoms with Gasteiger partial charge >= 0.3 is 0 Å². The van der Waals surface area contributed by atoms with Gasteiger partial charge in [0.1, 0.15) is 5.75 Å². The summed E-state index contributed by atoms with van der Waals surface area (Å²) in [5, 5.41) is 5.71. The highest BCUT2D eigenvalue weighted by molar-refractivity contribution is 9.10. The number of hydrogen-bond donors (Lipinski definition) is 2. The highest BCUT2D eigenvalue weighted by Gasteiger charge is 2.27. The first kappa shape index (κ1) is 18.7. The second kappa shape index (κ2) is 7.52. The van der Waals surface area contributed by atoms with Crippen LogP contribution in [-0.4, -0.2) is 18.6 Å². The fourth-order valence-electron chi connectivity index (χ4n) is 4.28. The summed E-state index contributed by atoms with van der Waals surface area (Å²) in [7, 11) is 1.69. The SMILES string of the molecule is COc1ccc(C2NCCc3c2[nH]c2ccc(Br)c(-c4ccc(Cl)cc4)c32)cc1. The van der Waals surface area contributed by atoms with E-state index in [1.54, 1.807) is 7.11 Å². The Morgan fingerprint density at radius 3 is 2.48 bits per heavy atom. The molecule has 0 aliphatic carbocycles. The van der Waals surface area contributed by atoms with Gasteiger partial charge in [0.25, 0.3) is 0 Å². The molecule has 0 fully saturated rings. The van der Waals surface area contributed by atoms with Crippen molar-refractivity contribution in [3.05, 3.63) is 87.0 Å². The standard InChI is InChI=1S/C24H20BrClN2O/c1-29-17-8-4-15(5-9-17)23-24-18(12-13-27-23)22-20(28-24)11-10-19(25)21(22)14-2-6-16(26)7-3-14/h2-11,23,27-28H,12-13H2,1H3. The van der Waals surface area contributed by atoms with Gasteiger partial charge in [0.05, 0.1) is 13.2 Å². The Hall–Kier alpha value is -2.27. The molecule has 1 aliphatic rings. The van der Waals surface area contributed by atoms with Gasteiger partial charge in [0.2, 0.25) is 0 Å². The third kappa shape index (κ3) is 3.25. The first-order valence-corrected chi connectivity index (χ1v) is 10.8. The van der Waals surface area contributed by atoms with Crippen LogP contribution in [0.15, 0.2) is 65.1 Å². The summed E-state index contributed by atoms with van der Waals surface area (Å²) in [5.74, 6) is 0.871. The first-order valence-electron chi connectivity index (χ1n) is 9.62. The smallest absolute Gasteiger partial charge is 0.118 e. The summed E-state index contributed by atoms with van der Waals surface area (Å²) in [6.07, 6.45) is 0.985. The van der Waals surface area contributed by atoms with Gasteiger partial charge < -0.3 is 15.0 Å². The van der Waals surface area contributed by atoms with Gasteiger partial charge in [-0.1, -0.05) is 51.8 Å². The number of halogens is 2. The summed E-state index contributed by atoms with van der Waals surface area (Å²) in [6, 6.07) is 20.8. The lowest BCUT2D eigenvalue weighted by molar-refractivity contribution is 0.414. The molecule has 0 radical (unpaired) electrons. The molecule has 1 atom stereocenters. The minimum Gasteiger partial charge on any atom is -0.497 e. The van der Waals surface area contributed by atoms with Crippen LogP contribution in [-0.2, 0) is 6.42 Å². The largest absolute Gasteiger partial charge is 0.497 e. The maximum atomic E-state index is 6.12. The average Bonchev–Trinajstić information content (AvgIpc) is 3.13. The van der Waals surface area contributed by atoms with E-state index in [1.807, 2.05) is 24.3 Å². The van der Waals surface area contributed by atoms with Gasteiger partial charge in [-0.05, 0) is 59.5 Å². The van der Waals surface area contributed by atoms with Crippen molar-refractivity contribution in [3.8, 4) is 16.9 Å². The average molecular weight is 468 g/mol. The lowest BCUT2D eigenvalue weighted by atomic mass is 9.91. The molecule has 3 nitrogen and oxygen atoms in total. The fraction of sp³-hybridized carbons (Fsp3) is 0.167. The molecule has 29 heavy (non-hydrogen) atoms. The van der Waals surface area contributed by atoms with Crippen molar-refractivity contribution in [3.63, 3.8) is 0 Å². The zero-order chi connectivity index (χ0) is 20.0. The van der Waals surface area contributed by atoms with E-state index >= 15 is 0 Å². The highest BCUT2D eigenvalue weighted by Crippen LogP contribution is 2.42. The van der Waals surface area contributed by atoms with E-state index in [-0.39, 0.29) is 6.04 Å². The molecular formula is C24H20BrClN2O. The maximum Gasteiger partial charge on any atom is 0.118 e. The van der Waals surface area contributed by atoms with E-state index in [2.05, 4.69) is 62.6 Å². The molecule has 2 N–H and O–H groups in total. The summed E-state index contributed by atoms with van der Waals surface area (Å²) in [6.45, 7) is 0.934. The zero-order valence-electron chi connectivity index (χ0n) is 15.9. The zero-order valence-corrected chi connectivity index (χ0v) is 18.3. The second-order valence-electron chi connectivity index (χ2n) is 7.28. The molecule has 146 valence electrons. The number of hydrogen-bond acceptors (Lipinski definition) is 2. The molecule has 1 unspecified atom stereocenters. The number of nitrogens with one attached hydrogen (secondary N) is 2. The molecule has 5 rings (SSSR count). The molecule has 0 bridgehead atoms. The summed E-state index contributed by atoms with van der Waals surface area (Å²) in [4.78, 5) is 3.70. The van der Waals surface area contributed by atoms with Crippen molar-refractivity contribution in [1.29, 1.82) is 0 Å². The Morgan fingerprint density at radius 1 is 1.00 bits per heavy atom. The van der Waals surface area contributed by atoms with Crippen molar-refractivity contribution < 1.29 is 4.74 Å². The van der Waals surface area contributed by atoms with Gasteiger partial charge in [-0.25, -0.2) is 0 Å².